The van der Waals surface area contributed by atoms with Gasteiger partial charge in [-0.15, -0.1) is 0 Å². The summed E-state index contributed by atoms with van der Waals surface area (Å²) in [6.45, 7) is 0.737. The van der Waals surface area contributed by atoms with Gasteiger partial charge in [-0.25, -0.2) is 0 Å². The van der Waals surface area contributed by atoms with Crippen LogP contribution in [-0.4, -0.2) is 11.0 Å². The topological polar surface area (TPSA) is 9.23 Å². The van der Waals surface area contributed by atoms with Gasteiger partial charge in [0, 0.05) is 9.45 Å². The number of benzene rings is 1. The molecular weight excluding hydrogens is 274 g/mol. The fourth-order valence-corrected chi connectivity index (χ4v) is 1.11. The summed E-state index contributed by atoms with van der Waals surface area (Å²) in [5.41, 5.74) is 0. The van der Waals surface area contributed by atoms with Gasteiger partial charge in [0.05, 0.1) is 6.61 Å². The molecule has 0 saturated heterocycles. The maximum Gasteiger partial charge on any atom is 0.120 e. The predicted molar refractivity (Wildman–Crippen MR) is 55.8 cm³/mol. The van der Waals surface area contributed by atoms with E-state index >= 15 is 0 Å². The van der Waals surface area contributed by atoms with Crippen molar-refractivity contribution in [2.75, 3.05) is 11.0 Å². The lowest BCUT2D eigenvalue weighted by molar-refractivity contribution is 0.346. The zero-order valence-electron chi connectivity index (χ0n) is 5.89. The lowest BCUT2D eigenvalue weighted by atomic mass is 10.3. The predicted octanol–water partition coefficient (Wildman–Crippen LogP) is 3.15. The number of rotatable bonds is 3. The highest BCUT2D eigenvalue weighted by Crippen LogP contribution is 2.16. The molecule has 0 aliphatic carbocycles. The van der Waals surface area contributed by atoms with Crippen LogP contribution in [0.4, 0.5) is 0 Å². The van der Waals surface area contributed by atoms with Crippen LogP contribution in [0.3, 0.4) is 0 Å². The average Bonchev–Trinajstić information content (AvgIpc) is 2.01. The van der Waals surface area contributed by atoms with Crippen LogP contribution in [0.1, 0.15) is 0 Å². The van der Waals surface area contributed by atoms with Gasteiger partial charge < -0.3 is 4.74 Å². The van der Waals surface area contributed by atoms with E-state index in [4.69, 9.17) is 16.3 Å². The molecule has 1 aromatic rings. The van der Waals surface area contributed by atoms with Crippen LogP contribution in [-0.2, 0) is 0 Å². The highest BCUT2D eigenvalue weighted by molar-refractivity contribution is 14.1. The Bertz CT molecular complexity index is 227. The van der Waals surface area contributed by atoms with E-state index in [-0.39, 0.29) is 0 Å². The fourth-order valence-electron chi connectivity index (χ4n) is 0.713. The number of ether oxygens (including phenoxy) is 1. The van der Waals surface area contributed by atoms with E-state index < -0.39 is 0 Å². The Morgan fingerprint density at radius 2 is 2.27 bits per heavy atom. The fraction of sp³-hybridized carbons (Fsp3) is 0.250. The minimum atomic E-state index is 0.718. The molecule has 0 aliphatic rings. The number of hydrogen-bond donors (Lipinski definition) is 0. The minimum absolute atomic E-state index is 0.718. The van der Waals surface area contributed by atoms with Crippen LogP contribution < -0.4 is 4.74 Å². The van der Waals surface area contributed by atoms with Crippen LogP contribution in [0.2, 0.25) is 5.02 Å². The minimum Gasteiger partial charge on any atom is -0.493 e. The second-order valence-corrected chi connectivity index (χ2v) is 3.51. The molecule has 1 aromatic carbocycles. The lowest BCUT2D eigenvalue weighted by Crippen LogP contribution is -1.96. The summed E-state index contributed by atoms with van der Waals surface area (Å²) in [6.07, 6.45) is 0. The second-order valence-electron chi connectivity index (χ2n) is 1.99. The lowest BCUT2D eigenvalue weighted by Gasteiger charge is -2.02. The van der Waals surface area contributed by atoms with Crippen molar-refractivity contribution in [1.82, 2.24) is 0 Å². The van der Waals surface area contributed by atoms with E-state index in [1.54, 1.807) is 0 Å². The van der Waals surface area contributed by atoms with Crippen LogP contribution in [0, 0.1) is 0 Å². The first-order valence-electron chi connectivity index (χ1n) is 3.27. The third-order valence-electron chi connectivity index (χ3n) is 1.14. The Hall–Kier alpha value is 0.0400. The molecule has 60 valence electrons. The van der Waals surface area contributed by atoms with E-state index in [2.05, 4.69) is 22.6 Å². The first-order valence-corrected chi connectivity index (χ1v) is 5.17. The van der Waals surface area contributed by atoms with Crippen molar-refractivity contribution in [1.29, 1.82) is 0 Å². The molecule has 0 heterocycles. The first kappa shape index (κ1) is 9.13. The molecule has 1 nitrogen and oxygen atoms in total. The summed E-state index contributed by atoms with van der Waals surface area (Å²) < 4.78 is 6.33. The van der Waals surface area contributed by atoms with Gasteiger partial charge in [0.2, 0.25) is 0 Å². The normalized spacial score (nSPS) is 9.64. The zero-order valence-corrected chi connectivity index (χ0v) is 8.80. The molecule has 0 unspecified atom stereocenters. The van der Waals surface area contributed by atoms with Crippen molar-refractivity contribution < 1.29 is 4.74 Å². The Kier molecular flexibility index (Phi) is 4.01. The molecule has 0 amide bonds. The third-order valence-corrected chi connectivity index (χ3v) is 1.82. The van der Waals surface area contributed by atoms with Crippen LogP contribution in [0.15, 0.2) is 24.3 Å². The first-order chi connectivity index (χ1) is 5.33. The summed E-state index contributed by atoms with van der Waals surface area (Å²) in [5.74, 6) is 0.842. The molecule has 0 radical (unpaired) electrons. The zero-order chi connectivity index (χ0) is 8.10. The van der Waals surface area contributed by atoms with Crippen LogP contribution >= 0.6 is 34.2 Å². The van der Waals surface area contributed by atoms with Gasteiger partial charge in [0.25, 0.3) is 0 Å². The van der Waals surface area contributed by atoms with Crippen molar-refractivity contribution in [3.05, 3.63) is 29.3 Å². The number of halogens is 2. The molecule has 1 rings (SSSR count). The van der Waals surface area contributed by atoms with E-state index in [0.717, 1.165) is 21.8 Å². The monoisotopic (exact) mass is 282 g/mol. The summed E-state index contributed by atoms with van der Waals surface area (Å²) in [5, 5.41) is 0.718. The maximum absolute atomic E-state index is 5.74. The van der Waals surface area contributed by atoms with Gasteiger partial charge in [-0.2, -0.15) is 0 Å². The molecule has 0 bridgehead atoms. The van der Waals surface area contributed by atoms with E-state index in [9.17, 15) is 0 Å². The van der Waals surface area contributed by atoms with Crippen molar-refractivity contribution >= 4 is 34.2 Å². The Morgan fingerprint density at radius 1 is 1.45 bits per heavy atom. The highest BCUT2D eigenvalue weighted by atomic mass is 127. The molecule has 11 heavy (non-hydrogen) atoms. The van der Waals surface area contributed by atoms with Gasteiger partial charge in [-0.1, -0.05) is 40.3 Å². The summed E-state index contributed by atoms with van der Waals surface area (Å²) in [7, 11) is 0. The molecule has 0 aromatic heterocycles. The van der Waals surface area contributed by atoms with Gasteiger partial charge in [0.15, 0.2) is 0 Å². The van der Waals surface area contributed by atoms with Crippen molar-refractivity contribution in [3.63, 3.8) is 0 Å². The SMILES string of the molecule is Clc1cccc(OCCI)c1. The van der Waals surface area contributed by atoms with Gasteiger partial charge >= 0.3 is 0 Å². The van der Waals surface area contributed by atoms with Gasteiger partial charge in [-0.05, 0) is 18.2 Å². The third kappa shape index (κ3) is 3.29. The maximum atomic E-state index is 5.74. The van der Waals surface area contributed by atoms with E-state index in [1.165, 1.54) is 0 Å². The van der Waals surface area contributed by atoms with Crippen LogP contribution in [0.5, 0.6) is 5.75 Å². The molecule has 0 N–H and O–H groups in total. The second kappa shape index (κ2) is 4.83. The Labute approximate surface area is 84.8 Å². The summed E-state index contributed by atoms with van der Waals surface area (Å²) in [4.78, 5) is 0. The molecule has 0 saturated carbocycles. The van der Waals surface area contributed by atoms with Gasteiger partial charge in [0.1, 0.15) is 5.75 Å². The van der Waals surface area contributed by atoms with E-state index in [1.807, 2.05) is 24.3 Å². The Balaban J connectivity index is 2.56. The van der Waals surface area contributed by atoms with Crippen molar-refractivity contribution in [2.24, 2.45) is 0 Å². The van der Waals surface area contributed by atoms with Crippen molar-refractivity contribution in [3.8, 4) is 5.75 Å². The van der Waals surface area contributed by atoms with Gasteiger partial charge in [-0.3, -0.25) is 0 Å². The molecule has 0 spiro atoms. The standard InChI is InChI=1S/C8H8ClIO/c9-7-2-1-3-8(6-7)11-5-4-10/h1-3,6H,4-5H2. The molecular formula is C8H8ClIO. The van der Waals surface area contributed by atoms with E-state index in [0.29, 0.717) is 0 Å². The highest BCUT2D eigenvalue weighted by Gasteiger charge is 1.92. The summed E-state index contributed by atoms with van der Waals surface area (Å²) >= 11 is 8.01. The quantitative estimate of drug-likeness (QED) is 0.611. The summed E-state index contributed by atoms with van der Waals surface area (Å²) in [6, 6.07) is 7.43. The smallest absolute Gasteiger partial charge is 0.120 e. The molecule has 3 heteroatoms. The average molecular weight is 283 g/mol. The number of hydrogen-bond acceptors (Lipinski definition) is 1. The molecule has 0 atom stereocenters. The number of alkyl halides is 1. The Morgan fingerprint density at radius 3 is 2.91 bits per heavy atom. The molecule has 0 aliphatic heterocycles. The van der Waals surface area contributed by atoms with Crippen LogP contribution in [0.25, 0.3) is 0 Å². The largest absolute Gasteiger partial charge is 0.493 e. The molecule has 0 fully saturated rings. The van der Waals surface area contributed by atoms with Crippen molar-refractivity contribution in [2.45, 2.75) is 0 Å².